The fraction of sp³-hybridized carbons (Fsp3) is 0.231. The van der Waals surface area contributed by atoms with E-state index in [1.807, 2.05) is 24.4 Å². The van der Waals surface area contributed by atoms with E-state index in [0.717, 1.165) is 11.3 Å². The van der Waals surface area contributed by atoms with Crippen LogP contribution in [0.5, 0.6) is 5.75 Å². The lowest BCUT2D eigenvalue weighted by Gasteiger charge is -2.08. The van der Waals surface area contributed by atoms with E-state index in [0.29, 0.717) is 18.1 Å². The summed E-state index contributed by atoms with van der Waals surface area (Å²) in [5.41, 5.74) is 0.813. The summed E-state index contributed by atoms with van der Waals surface area (Å²) in [6.45, 7) is 2.45. The zero-order valence-corrected chi connectivity index (χ0v) is 10.7. The van der Waals surface area contributed by atoms with Crippen molar-refractivity contribution in [3.63, 3.8) is 0 Å². The van der Waals surface area contributed by atoms with Crippen molar-refractivity contribution in [3.8, 4) is 16.3 Å². The summed E-state index contributed by atoms with van der Waals surface area (Å²) in [6.07, 6.45) is 2.31. The Hall–Kier alpha value is -1.88. The molecule has 5 heteroatoms. The Morgan fingerprint density at radius 3 is 3.00 bits per heavy atom. The summed E-state index contributed by atoms with van der Waals surface area (Å²) >= 11 is 1.52. The predicted molar refractivity (Wildman–Crippen MR) is 70.3 cm³/mol. The molecule has 0 aliphatic rings. The highest BCUT2D eigenvalue weighted by Crippen LogP contribution is 2.27. The highest BCUT2D eigenvalue weighted by Gasteiger charge is 2.14. The quantitative estimate of drug-likeness (QED) is 0.899. The van der Waals surface area contributed by atoms with Crippen LogP contribution >= 0.6 is 11.3 Å². The van der Waals surface area contributed by atoms with Gasteiger partial charge in [0.15, 0.2) is 5.75 Å². The number of pyridine rings is 1. The van der Waals surface area contributed by atoms with Crippen LogP contribution in [0.3, 0.4) is 0 Å². The summed E-state index contributed by atoms with van der Waals surface area (Å²) in [4.78, 5) is 16.4. The summed E-state index contributed by atoms with van der Waals surface area (Å²) < 4.78 is 5.38. The molecule has 94 valence electrons. The third kappa shape index (κ3) is 2.68. The van der Waals surface area contributed by atoms with Crippen molar-refractivity contribution in [1.29, 1.82) is 0 Å². The van der Waals surface area contributed by atoms with Crippen LogP contribution in [0.15, 0.2) is 29.8 Å². The number of ether oxygens (including phenoxy) is 1. The molecule has 0 saturated carbocycles. The summed E-state index contributed by atoms with van der Waals surface area (Å²) in [5, 5.41) is 11.1. The maximum atomic E-state index is 11.2. The van der Waals surface area contributed by atoms with Crippen LogP contribution in [0.1, 0.15) is 23.7 Å². The Balaban J connectivity index is 2.37. The van der Waals surface area contributed by atoms with E-state index in [4.69, 9.17) is 4.74 Å². The Bertz CT molecular complexity index is 537. The Kier molecular flexibility index (Phi) is 3.94. The number of thiophene rings is 1. The molecule has 0 atom stereocenters. The zero-order chi connectivity index (χ0) is 13.0. The van der Waals surface area contributed by atoms with Crippen LogP contribution in [-0.4, -0.2) is 22.7 Å². The van der Waals surface area contributed by atoms with Crippen molar-refractivity contribution >= 4 is 17.3 Å². The van der Waals surface area contributed by atoms with E-state index in [9.17, 15) is 9.90 Å². The molecule has 2 heterocycles. The van der Waals surface area contributed by atoms with E-state index in [1.54, 1.807) is 6.07 Å². The smallest absolute Gasteiger partial charge is 0.339 e. The molecule has 2 aromatic heterocycles. The third-order valence-corrected chi connectivity index (χ3v) is 3.23. The fourth-order valence-corrected chi connectivity index (χ4v) is 2.19. The molecule has 0 spiro atoms. The van der Waals surface area contributed by atoms with Crippen molar-refractivity contribution in [2.24, 2.45) is 0 Å². The third-order valence-electron chi connectivity index (χ3n) is 2.33. The van der Waals surface area contributed by atoms with Gasteiger partial charge in [-0.3, -0.25) is 4.98 Å². The number of carbonyl (C=O) groups is 1. The Labute approximate surface area is 109 Å². The highest BCUT2D eigenvalue weighted by atomic mass is 32.1. The zero-order valence-electron chi connectivity index (χ0n) is 9.92. The number of carboxylic acids is 1. The molecular weight excluding hydrogens is 250 g/mol. The maximum Gasteiger partial charge on any atom is 0.339 e. The van der Waals surface area contributed by atoms with E-state index in [-0.39, 0.29) is 5.56 Å². The fourth-order valence-electron chi connectivity index (χ4n) is 1.50. The van der Waals surface area contributed by atoms with Crippen LogP contribution in [-0.2, 0) is 0 Å². The largest absolute Gasteiger partial charge is 0.491 e. The molecule has 2 aromatic rings. The van der Waals surface area contributed by atoms with E-state index in [2.05, 4.69) is 4.98 Å². The molecule has 18 heavy (non-hydrogen) atoms. The van der Waals surface area contributed by atoms with Crippen molar-refractivity contribution in [3.05, 3.63) is 35.3 Å². The lowest BCUT2D eigenvalue weighted by molar-refractivity contribution is 0.0692. The molecule has 0 aromatic carbocycles. The van der Waals surface area contributed by atoms with Gasteiger partial charge >= 0.3 is 5.97 Å². The van der Waals surface area contributed by atoms with Crippen molar-refractivity contribution in [1.82, 2.24) is 4.98 Å². The average Bonchev–Trinajstić information content (AvgIpc) is 2.90. The van der Waals surface area contributed by atoms with Gasteiger partial charge in [0.2, 0.25) is 0 Å². The Morgan fingerprint density at radius 1 is 1.56 bits per heavy atom. The lowest BCUT2D eigenvalue weighted by Crippen LogP contribution is -2.05. The van der Waals surface area contributed by atoms with Crippen molar-refractivity contribution < 1.29 is 14.6 Å². The minimum Gasteiger partial charge on any atom is -0.491 e. The highest BCUT2D eigenvalue weighted by molar-refractivity contribution is 7.13. The van der Waals surface area contributed by atoms with Gasteiger partial charge in [0.25, 0.3) is 0 Å². The SMILES string of the molecule is CCCOc1cnc(-c2cccs2)cc1C(=O)O. The second kappa shape index (κ2) is 5.64. The number of aromatic nitrogens is 1. The molecule has 0 radical (unpaired) electrons. The first-order valence-electron chi connectivity index (χ1n) is 5.62. The number of nitrogens with zero attached hydrogens (tertiary/aromatic N) is 1. The standard InChI is InChI=1S/C13H13NO3S/c1-2-5-17-11-8-14-10(7-9(11)13(15)16)12-4-3-6-18-12/h3-4,6-8H,2,5H2,1H3,(H,15,16). The van der Waals surface area contributed by atoms with Gasteiger partial charge in [0, 0.05) is 0 Å². The van der Waals surface area contributed by atoms with Gasteiger partial charge in [-0.15, -0.1) is 11.3 Å². The molecule has 0 unspecified atom stereocenters. The molecule has 1 N–H and O–H groups in total. The van der Waals surface area contributed by atoms with Crippen LogP contribution in [0.25, 0.3) is 10.6 Å². The van der Waals surface area contributed by atoms with Crippen molar-refractivity contribution in [2.75, 3.05) is 6.61 Å². The molecule has 0 amide bonds. The predicted octanol–water partition coefficient (Wildman–Crippen LogP) is 3.30. The molecule has 0 saturated heterocycles. The van der Waals surface area contributed by atoms with Gasteiger partial charge < -0.3 is 9.84 Å². The maximum absolute atomic E-state index is 11.2. The molecule has 0 fully saturated rings. The first-order valence-corrected chi connectivity index (χ1v) is 6.50. The van der Waals surface area contributed by atoms with Crippen LogP contribution in [0, 0.1) is 0 Å². The van der Waals surface area contributed by atoms with Gasteiger partial charge in [-0.2, -0.15) is 0 Å². The summed E-state index contributed by atoms with van der Waals surface area (Å²) in [7, 11) is 0. The minimum absolute atomic E-state index is 0.154. The second-order valence-corrected chi connectivity index (χ2v) is 4.64. The van der Waals surface area contributed by atoms with Crippen molar-refractivity contribution in [2.45, 2.75) is 13.3 Å². The average molecular weight is 263 g/mol. The number of hydrogen-bond acceptors (Lipinski definition) is 4. The molecular formula is C13H13NO3S. The molecule has 0 aliphatic heterocycles. The topological polar surface area (TPSA) is 59.4 Å². The van der Waals surface area contributed by atoms with Gasteiger partial charge in [-0.25, -0.2) is 4.79 Å². The molecule has 4 nitrogen and oxygen atoms in total. The van der Waals surface area contributed by atoms with Gasteiger partial charge in [-0.05, 0) is 23.9 Å². The van der Waals surface area contributed by atoms with E-state index >= 15 is 0 Å². The summed E-state index contributed by atoms with van der Waals surface area (Å²) in [5.74, 6) is -0.675. The monoisotopic (exact) mass is 263 g/mol. The molecule has 0 aliphatic carbocycles. The van der Waals surface area contributed by atoms with E-state index < -0.39 is 5.97 Å². The first-order chi connectivity index (χ1) is 8.72. The Morgan fingerprint density at radius 2 is 2.39 bits per heavy atom. The number of carboxylic acid groups (broad SMARTS) is 1. The van der Waals surface area contributed by atoms with E-state index in [1.165, 1.54) is 17.5 Å². The lowest BCUT2D eigenvalue weighted by atomic mass is 10.2. The van der Waals surface area contributed by atoms with Crippen LogP contribution in [0.2, 0.25) is 0 Å². The van der Waals surface area contributed by atoms with Crippen LogP contribution < -0.4 is 4.74 Å². The second-order valence-electron chi connectivity index (χ2n) is 3.70. The number of rotatable bonds is 5. The molecule has 0 bridgehead atoms. The summed E-state index contributed by atoms with van der Waals surface area (Å²) in [6, 6.07) is 5.37. The van der Waals surface area contributed by atoms with Gasteiger partial charge in [0.1, 0.15) is 5.56 Å². The van der Waals surface area contributed by atoms with Crippen LogP contribution in [0.4, 0.5) is 0 Å². The number of hydrogen-bond donors (Lipinski definition) is 1. The van der Waals surface area contributed by atoms with Gasteiger partial charge in [-0.1, -0.05) is 13.0 Å². The first kappa shape index (κ1) is 12.6. The number of aromatic carboxylic acids is 1. The minimum atomic E-state index is -0.999. The molecule has 2 rings (SSSR count). The van der Waals surface area contributed by atoms with Gasteiger partial charge in [0.05, 0.1) is 23.4 Å². The normalized spacial score (nSPS) is 10.3.